The molecule has 21 heavy (non-hydrogen) atoms. The van der Waals surface area contributed by atoms with Crippen molar-refractivity contribution in [2.45, 2.75) is 17.6 Å². The van der Waals surface area contributed by atoms with Crippen LogP contribution >= 0.6 is 11.8 Å². The highest BCUT2D eigenvalue weighted by Gasteiger charge is 2.12. The molecule has 0 amide bonds. The van der Waals surface area contributed by atoms with E-state index in [-0.39, 0.29) is 18.0 Å². The number of hydrogen-bond acceptors (Lipinski definition) is 5. The number of ether oxygens (including phenoxy) is 1. The Kier molecular flexibility index (Phi) is 5.10. The van der Waals surface area contributed by atoms with Gasteiger partial charge in [0.1, 0.15) is 17.2 Å². The highest BCUT2D eigenvalue weighted by molar-refractivity contribution is 7.98. The Morgan fingerprint density at radius 3 is 2.95 bits per heavy atom. The number of halogens is 1. The van der Waals surface area contributed by atoms with Gasteiger partial charge in [-0.3, -0.25) is 4.79 Å². The standard InChI is InChI=1S/C14H13FN2O3S/c1-2-20-14(19)11-7-16-12(17-13(11)18)8-21-10-5-3-4-9(15)6-10/h3-7H,2,8H2,1H3,(H,16,17,18). The van der Waals surface area contributed by atoms with E-state index in [1.807, 2.05) is 0 Å². The van der Waals surface area contributed by atoms with Gasteiger partial charge in [0.2, 0.25) is 0 Å². The number of nitrogens with zero attached hydrogens (tertiary/aromatic N) is 1. The van der Waals surface area contributed by atoms with Gasteiger partial charge in [0, 0.05) is 11.1 Å². The third kappa shape index (κ3) is 4.16. The zero-order chi connectivity index (χ0) is 15.2. The lowest BCUT2D eigenvalue weighted by Crippen LogP contribution is -2.21. The smallest absolute Gasteiger partial charge is 0.345 e. The Morgan fingerprint density at radius 1 is 1.48 bits per heavy atom. The minimum Gasteiger partial charge on any atom is -0.462 e. The number of H-pyrrole nitrogens is 1. The number of thioether (sulfide) groups is 1. The maximum absolute atomic E-state index is 13.0. The zero-order valence-corrected chi connectivity index (χ0v) is 12.1. The molecule has 1 N–H and O–H groups in total. The predicted molar refractivity (Wildman–Crippen MR) is 76.8 cm³/mol. The number of hydrogen-bond donors (Lipinski definition) is 1. The van der Waals surface area contributed by atoms with E-state index in [4.69, 9.17) is 4.74 Å². The van der Waals surface area contributed by atoms with Crippen molar-refractivity contribution in [1.82, 2.24) is 9.97 Å². The fourth-order valence-electron chi connectivity index (χ4n) is 1.57. The fraction of sp³-hybridized carbons (Fsp3) is 0.214. The van der Waals surface area contributed by atoms with Crippen molar-refractivity contribution in [2.75, 3.05) is 6.61 Å². The van der Waals surface area contributed by atoms with Crippen LogP contribution in [-0.2, 0) is 10.5 Å². The van der Waals surface area contributed by atoms with Gasteiger partial charge in [-0.05, 0) is 25.1 Å². The summed E-state index contributed by atoms with van der Waals surface area (Å²) in [5.74, 6) is -0.251. The molecule has 0 aliphatic carbocycles. The van der Waals surface area contributed by atoms with Crippen molar-refractivity contribution in [3.05, 3.63) is 58.0 Å². The molecule has 0 spiro atoms. The van der Waals surface area contributed by atoms with Crippen LogP contribution < -0.4 is 5.56 Å². The van der Waals surface area contributed by atoms with Crippen LogP contribution in [0.25, 0.3) is 0 Å². The van der Waals surface area contributed by atoms with Gasteiger partial charge < -0.3 is 9.72 Å². The number of carbonyl (C=O) groups excluding carboxylic acids is 1. The Hall–Kier alpha value is -2.15. The number of benzene rings is 1. The molecule has 7 heteroatoms. The summed E-state index contributed by atoms with van der Waals surface area (Å²) in [6.07, 6.45) is 1.19. The van der Waals surface area contributed by atoms with Gasteiger partial charge in [-0.2, -0.15) is 0 Å². The highest BCUT2D eigenvalue weighted by Crippen LogP contribution is 2.21. The van der Waals surface area contributed by atoms with Gasteiger partial charge in [0.05, 0.1) is 12.4 Å². The van der Waals surface area contributed by atoms with Crippen LogP contribution in [0.4, 0.5) is 4.39 Å². The summed E-state index contributed by atoms with van der Waals surface area (Å²) in [5, 5.41) is 0. The molecule has 110 valence electrons. The molecule has 2 rings (SSSR count). The summed E-state index contributed by atoms with van der Waals surface area (Å²) in [4.78, 5) is 30.5. The van der Waals surface area contributed by atoms with Crippen LogP contribution in [0.1, 0.15) is 23.1 Å². The van der Waals surface area contributed by atoms with Crippen molar-refractivity contribution < 1.29 is 13.9 Å². The van der Waals surface area contributed by atoms with E-state index in [0.29, 0.717) is 11.6 Å². The molecule has 0 bridgehead atoms. The van der Waals surface area contributed by atoms with Gasteiger partial charge in [-0.25, -0.2) is 14.2 Å². The summed E-state index contributed by atoms with van der Waals surface area (Å²) < 4.78 is 17.8. The highest BCUT2D eigenvalue weighted by atomic mass is 32.2. The molecule has 0 unspecified atom stereocenters. The predicted octanol–water partition coefficient (Wildman–Crippen LogP) is 2.38. The molecule has 5 nitrogen and oxygen atoms in total. The Bertz CT molecular complexity index is 703. The number of carbonyl (C=O) groups is 1. The van der Waals surface area contributed by atoms with E-state index < -0.39 is 11.5 Å². The van der Waals surface area contributed by atoms with Crippen molar-refractivity contribution >= 4 is 17.7 Å². The minimum absolute atomic E-state index is 0.128. The molecule has 0 atom stereocenters. The number of nitrogens with one attached hydrogen (secondary N) is 1. The van der Waals surface area contributed by atoms with Gasteiger partial charge in [0.25, 0.3) is 5.56 Å². The first-order chi connectivity index (χ1) is 10.1. The number of aromatic amines is 1. The second-order valence-electron chi connectivity index (χ2n) is 4.04. The van der Waals surface area contributed by atoms with Crippen LogP contribution in [0.3, 0.4) is 0 Å². The average Bonchev–Trinajstić information content (AvgIpc) is 2.45. The van der Waals surface area contributed by atoms with Crippen LogP contribution in [-0.4, -0.2) is 22.5 Å². The summed E-state index contributed by atoms with van der Waals surface area (Å²) in [6, 6.07) is 6.13. The average molecular weight is 308 g/mol. The number of aromatic nitrogens is 2. The molecular weight excluding hydrogens is 295 g/mol. The normalized spacial score (nSPS) is 10.4. The quantitative estimate of drug-likeness (QED) is 0.678. The fourth-order valence-corrected chi connectivity index (χ4v) is 2.39. The van der Waals surface area contributed by atoms with Crippen LogP contribution in [0, 0.1) is 5.82 Å². The largest absolute Gasteiger partial charge is 0.462 e. The molecule has 0 saturated heterocycles. The van der Waals surface area contributed by atoms with E-state index in [1.165, 1.54) is 30.1 Å². The lowest BCUT2D eigenvalue weighted by atomic mass is 10.3. The minimum atomic E-state index is -0.699. The lowest BCUT2D eigenvalue weighted by molar-refractivity contribution is 0.0523. The second kappa shape index (κ2) is 7.03. The monoisotopic (exact) mass is 308 g/mol. The third-order valence-corrected chi connectivity index (χ3v) is 3.52. The van der Waals surface area contributed by atoms with Crippen LogP contribution in [0.2, 0.25) is 0 Å². The van der Waals surface area contributed by atoms with Crippen molar-refractivity contribution in [3.8, 4) is 0 Å². The molecule has 1 aromatic heterocycles. The van der Waals surface area contributed by atoms with Crippen molar-refractivity contribution in [3.63, 3.8) is 0 Å². The summed E-state index contributed by atoms with van der Waals surface area (Å²) in [7, 11) is 0. The molecule has 1 heterocycles. The molecule has 0 aliphatic heterocycles. The van der Waals surface area contributed by atoms with Crippen LogP contribution in [0.15, 0.2) is 40.2 Å². The molecule has 0 fully saturated rings. The Morgan fingerprint density at radius 2 is 2.29 bits per heavy atom. The first-order valence-corrected chi connectivity index (χ1v) is 7.22. The molecule has 0 radical (unpaired) electrons. The Balaban J connectivity index is 2.07. The van der Waals surface area contributed by atoms with Crippen LogP contribution in [0.5, 0.6) is 0 Å². The van der Waals surface area contributed by atoms with Gasteiger partial charge in [-0.1, -0.05) is 6.07 Å². The maximum Gasteiger partial charge on any atom is 0.345 e. The zero-order valence-electron chi connectivity index (χ0n) is 11.3. The molecular formula is C14H13FN2O3S. The van der Waals surface area contributed by atoms with E-state index in [2.05, 4.69) is 9.97 Å². The van der Waals surface area contributed by atoms with Gasteiger partial charge >= 0.3 is 5.97 Å². The number of rotatable bonds is 5. The number of esters is 1. The molecule has 1 aromatic carbocycles. The van der Waals surface area contributed by atoms with Gasteiger partial charge in [0.15, 0.2) is 0 Å². The Labute approximate surface area is 124 Å². The van der Waals surface area contributed by atoms with E-state index in [0.717, 1.165) is 4.90 Å². The van der Waals surface area contributed by atoms with E-state index in [9.17, 15) is 14.0 Å². The van der Waals surface area contributed by atoms with E-state index >= 15 is 0 Å². The van der Waals surface area contributed by atoms with Crippen molar-refractivity contribution in [2.24, 2.45) is 0 Å². The van der Waals surface area contributed by atoms with E-state index in [1.54, 1.807) is 19.1 Å². The topological polar surface area (TPSA) is 72.0 Å². The third-order valence-electron chi connectivity index (χ3n) is 2.52. The lowest BCUT2D eigenvalue weighted by Gasteiger charge is -2.03. The molecule has 2 aromatic rings. The SMILES string of the molecule is CCOC(=O)c1cnc(CSc2cccc(F)c2)[nH]c1=O. The first-order valence-electron chi connectivity index (χ1n) is 6.24. The summed E-state index contributed by atoms with van der Waals surface area (Å²) in [5.41, 5.74) is -0.672. The summed E-state index contributed by atoms with van der Waals surface area (Å²) >= 11 is 1.33. The second-order valence-corrected chi connectivity index (χ2v) is 5.09. The summed E-state index contributed by atoms with van der Waals surface area (Å²) in [6.45, 7) is 1.85. The van der Waals surface area contributed by atoms with Crippen molar-refractivity contribution in [1.29, 1.82) is 0 Å². The molecule has 0 aliphatic rings. The molecule has 0 saturated carbocycles. The van der Waals surface area contributed by atoms with Gasteiger partial charge in [-0.15, -0.1) is 11.8 Å². The first kappa shape index (κ1) is 15.2. The maximum atomic E-state index is 13.0.